The van der Waals surface area contributed by atoms with E-state index in [1.54, 1.807) is 4.31 Å². The van der Waals surface area contributed by atoms with Gasteiger partial charge in [0.25, 0.3) is 0 Å². The van der Waals surface area contributed by atoms with Gasteiger partial charge >= 0.3 is 0 Å². The minimum absolute atomic E-state index is 0.0466. The van der Waals surface area contributed by atoms with Gasteiger partial charge in [-0.05, 0) is 31.3 Å². The first-order chi connectivity index (χ1) is 9.46. The third kappa shape index (κ3) is 3.23. The number of rotatable bonds is 5. The standard InChI is InChI=1S/C13H22N2O3S2/c1-4-14-7-12-13(10(2)9-19-12)20(16,17)15-5-6-18-11(3)8-15/h9,11,14H,4-8H2,1-3H3. The van der Waals surface area contributed by atoms with Crippen LogP contribution in [-0.2, 0) is 21.3 Å². The Bertz CT molecular complexity index is 554. The first kappa shape index (κ1) is 15.9. The van der Waals surface area contributed by atoms with Crippen molar-refractivity contribution in [1.82, 2.24) is 9.62 Å². The zero-order valence-corrected chi connectivity index (χ0v) is 13.8. The van der Waals surface area contributed by atoms with Crippen LogP contribution in [0.25, 0.3) is 0 Å². The van der Waals surface area contributed by atoms with E-state index in [2.05, 4.69) is 5.32 Å². The van der Waals surface area contributed by atoms with Gasteiger partial charge in [-0.1, -0.05) is 6.92 Å². The summed E-state index contributed by atoms with van der Waals surface area (Å²) in [6.45, 7) is 8.53. The molecule has 0 saturated carbocycles. The fourth-order valence-corrected chi connectivity index (χ4v) is 5.56. The Morgan fingerprint density at radius 2 is 2.30 bits per heavy atom. The summed E-state index contributed by atoms with van der Waals surface area (Å²) in [5, 5.41) is 5.12. The molecule has 0 aliphatic carbocycles. The lowest BCUT2D eigenvalue weighted by Gasteiger charge is -2.30. The van der Waals surface area contributed by atoms with E-state index in [-0.39, 0.29) is 6.10 Å². The lowest BCUT2D eigenvalue weighted by atomic mass is 10.3. The Hall–Kier alpha value is -0.470. The van der Waals surface area contributed by atoms with Crippen molar-refractivity contribution in [2.75, 3.05) is 26.2 Å². The highest BCUT2D eigenvalue weighted by atomic mass is 32.2. The molecule has 1 aromatic heterocycles. The van der Waals surface area contributed by atoms with Crippen molar-refractivity contribution < 1.29 is 13.2 Å². The van der Waals surface area contributed by atoms with Crippen LogP contribution < -0.4 is 5.32 Å². The predicted molar refractivity (Wildman–Crippen MR) is 80.6 cm³/mol. The van der Waals surface area contributed by atoms with Crippen molar-refractivity contribution in [3.05, 3.63) is 15.8 Å². The lowest BCUT2D eigenvalue weighted by Crippen LogP contribution is -2.44. The van der Waals surface area contributed by atoms with E-state index >= 15 is 0 Å². The molecule has 0 spiro atoms. The molecule has 2 heterocycles. The van der Waals surface area contributed by atoms with Gasteiger partial charge in [0.05, 0.1) is 12.7 Å². The first-order valence-corrected chi connectivity index (χ1v) is 9.18. The highest BCUT2D eigenvalue weighted by Crippen LogP contribution is 2.30. The molecule has 20 heavy (non-hydrogen) atoms. The monoisotopic (exact) mass is 318 g/mol. The van der Waals surface area contributed by atoms with E-state index in [1.165, 1.54) is 11.3 Å². The lowest BCUT2D eigenvalue weighted by molar-refractivity contribution is 0.0101. The van der Waals surface area contributed by atoms with Gasteiger partial charge in [-0.15, -0.1) is 11.3 Å². The molecule has 1 fully saturated rings. The number of sulfonamides is 1. The van der Waals surface area contributed by atoms with Crippen molar-refractivity contribution in [2.45, 2.75) is 38.3 Å². The molecule has 114 valence electrons. The number of nitrogens with one attached hydrogen (secondary N) is 1. The molecule has 2 rings (SSSR count). The summed E-state index contributed by atoms with van der Waals surface area (Å²) < 4.78 is 32.7. The Kier molecular flexibility index (Phi) is 5.19. The van der Waals surface area contributed by atoms with E-state index in [4.69, 9.17) is 4.74 Å². The normalized spacial score (nSPS) is 21.2. The Balaban J connectivity index is 2.31. The average molecular weight is 318 g/mol. The second-order valence-electron chi connectivity index (χ2n) is 5.00. The molecule has 1 atom stereocenters. The van der Waals surface area contributed by atoms with Crippen LogP contribution in [0.5, 0.6) is 0 Å². The molecule has 0 amide bonds. The highest BCUT2D eigenvalue weighted by Gasteiger charge is 2.32. The predicted octanol–water partition coefficient (Wildman–Crippen LogP) is 1.58. The fourth-order valence-electron chi connectivity index (χ4n) is 2.33. The molecule has 0 bridgehead atoms. The third-order valence-electron chi connectivity index (χ3n) is 3.33. The SMILES string of the molecule is CCNCc1scc(C)c1S(=O)(=O)N1CCOC(C)C1. The average Bonchev–Trinajstić information content (AvgIpc) is 2.78. The van der Waals surface area contributed by atoms with E-state index in [1.807, 2.05) is 26.2 Å². The summed E-state index contributed by atoms with van der Waals surface area (Å²) in [4.78, 5) is 1.38. The van der Waals surface area contributed by atoms with Crippen LogP contribution >= 0.6 is 11.3 Å². The largest absolute Gasteiger partial charge is 0.376 e. The van der Waals surface area contributed by atoms with Crippen molar-refractivity contribution >= 4 is 21.4 Å². The fraction of sp³-hybridized carbons (Fsp3) is 0.692. The number of ether oxygens (including phenoxy) is 1. The van der Waals surface area contributed by atoms with Crippen LogP contribution in [0.1, 0.15) is 24.3 Å². The van der Waals surface area contributed by atoms with Crippen LogP contribution in [0, 0.1) is 6.92 Å². The van der Waals surface area contributed by atoms with Gasteiger partial charge < -0.3 is 10.1 Å². The summed E-state index contributed by atoms with van der Waals surface area (Å²) in [6.07, 6.45) is -0.0466. The number of hydrogen-bond acceptors (Lipinski definition) is 5. The zero-order valence-electron chi connectivity index (χ0n) is 12.2. The zero-order chi connectivity index (χ0) is 14.8. The van der Waals surface area contributed by atoms with Crippen LogP contribution in [-0.4, -0.2) is 45.1 Å². The second kappa shape index (κ2) is 6.53. The van der Waals surface area contributed by atoms with E-state index in [9.17, 15) is 8.42 Å². The third-order valence-corrected chi connectivity index (χ3v) is 6.66. The van der Waals surface area contributed by atoms with Crippen molar-refractivity contribution in [3.63, 3.8) is 0 Å². The molecule has 1 aliphatic rings. The summed E-state index contributed by atoms with van der Waals surface area (Å²) in [7, 11) is -3.42. The molecule has 0 aromatic carbocycles. The quantitative estimate of drug-likeness (QED) is 0.895. The van der Waals surface area contributed by atoms with Crippen LogP contribution in [0.4, 0.5) is 0 Å². The van der Waals surface area contributed by atoms with Crippen LogP contribution in [0.15, 0.2) is 10.3 Å². The van der Waals surface area contributed by atoms with E-state index in [0.29, 0.717) is 31.1 Å². The van der Waals surface area contributed by atoms with Gasteiger partial charge in [-0.25, -0.2) is 8.42 Å². The summed E-state index contributed by atoms with van der Waals surface area (Å²) in [6, 6.07) is 0. The Morgan fingerprint density at radius 3 is 2.95 bits per heavy atom. The maximum absolute atomic E-state index is 12.8. The Labute approximate surface area is 125 Å². The maximum Gasteiger partial charge on any atom is 0.244 e. The summed E-state index contributed by atoms with van der Waals surface area (Å²) in [5.74, 6) is 0. The summed E-state index contributed by atoms with van der Waals surface area (Å²) in [5.41, 5.74) is 0.835. The van der Waals surface area contributed by atoms with Gasteiger partial charge in [-0.2, -0.15) is 4.31 Å². The van der Waals surface area contributed by atoms with Crippen molar-refractivity contribution in [2.24, 2.45) is 0 Å². The van der Waals surface area contributed by atoms with Gasteiger partial charge in [0.2, 0.25) is 10.0 Å². The molecule has 1 saturated heterocycles. The van der Waals surface area contributed by atoms with Gasteiger partial charge in [-0.3, -0.25) is 0 Å². The molecule has 1 aromatic rings. The molecule has 1 unspecified atom stereocenters. The maximum atomic E-state index is 12.8. The molecule has 0 radical (unpaired) electrons. The molecule has 5 nitrogen and oxygen atoms in total. The minimum atomic E-state index is -3.42. The van der Waals surface area contributed by atoms with E-state index < -0.39 is 10.0 Å². The topological polar surface area (TPSA) is 58.6 Å². The summed E-state index contributed by atoms with van der Waals surface area (Å²) >= 11 is 1.51. The molecule has 7 heteroatoms. The second-order valence-corrected chi connectivity index (χ2v) is 7.83. The van der Waals surface area contributed by atoms with Gasteiger partial charge in [0.15, 0.2) is 0 Å². The number of morpholine rings is 1. The van der Waals surface area contributed by atoms with Gasteiger partial charge in [0.1, 0.15) is 4.90 Å². The minimum Gasteiger partial charge on any atom is -0.376 e. The molecule has 1 aliphatic heterocycles. The van der Waals surface area contributed by atoms with Crippen molar-refractivity contribution in [1.29, 1.82) is 0 Å². The van der Waals surface area contributed by atoms with E-state index in [0.717, 1.165) is 17.0 Å². The number of thiophene rings is 1. The number of aryl methyl sites for hydroxylation is 1. The van der Waals surface area contributed by atoms with Gasteiger partial charge in [0, 0.05) is 24.5 Å². The first-order valence-electron chi connectivity index (χ1n) is 6.86. The van der Waals surface area contributed by atoms with Crippen molar-refractivity contribution in [3.8, 4) is 0 Å². The van der Waals surface area contributed by atoms with Crippen LogP contribution in [0.2, 0.25) is 0 Å². The van der Waals surface area contributed by atoms with Crippen LogP contribution in [0.3, 0.4) is 0 Å². The molecular weight excluding hydrogens is 296 g/mol. The highest BCUT2D eigenvalue weighted by molar-refractivity contribution is 7.89. The molecule has 1 N–H and O–H groups in total. The Morgan fingerprint density at radius 1 is 1.55 bits per heavy atom. The smallest absolute Gasteiger partial charge is 0.244 e. The number of hydrogen-bond donors (Lipinski definition) is 1. The molecular formula is C13H22N2O3S2. The number of nitrogens with zero attached hydrogens (tertiary/aromatic N) is 1.